The van der Waals surface area contributed by atoms with Gasteiger partial charge in [-0.1, -0.05) is 13.3 Å². The highest BCUT2D eigenvalue weighted by Crippen LogP contribution is 2.29. The van der Waals surface area contributed by atoms with Crippen LogP contribution in [-0.4, -0.2) is 60.8 Å². The number of carboxylic acid groups (broad SMARTS) is 1. The Morgan fingerprint density at radius 1 is 1.12 bits per heavy atom. The van der Waals surface area contributed by atoms with Gasteiger partial charge in [-0.25, -0.2) is 13.2 Å². The first kappa shape index (κ1) is 19.5. The molecule has 1 aromatic heterocycles. The van der Waals surface area contributed by atoms with Gasteiger partial charge in [0.25, 0.3) is 0 Å². The first-order valence-corrected chi connectivity index (χ1v) is 9.75. The summed E-state index contributed by atoms with van der Waals surface area (Å²) in [5.74, 6) is -1.17. The van der Waals surface area contributed by atoms with Crippen molar-refractivity contribution in [3.8, 4) is 0 Å². The minimum Gasteiger partial charge on any atom is -0.478 e. The molecular formula is C16H24N2O6S. The molecule has 0 saturated carbocycles. The summed E-state index contributed by atoms with van der Waals surface area (Å²) in [7, 11) is -3.99. The molecule has 0 aliphatic carbocycles. The average molecular weight is 372 g/mol. The van der Waals surface area contributed by atoms with E-state index in [4.69, 9.17) is 4.42 Å². The van der Waals surface area contributed by atoms with Gasteiger partial charge in [0.2, 0.25) is 15.9 Å². The van der Waals surface area contributed by atoms with Gasteiger partial charge in [0.1, 0.15) is 22.0 Å². The fourth-order valence-corrected chi connectivity index (χ4v) is 4.81. The van der Waals surface area contributed by atoms with E-state index in [1.807, 2.05) is 6.92 Å². The van der Waals surface area contributed by atoms with Crippen LogP contribution in [0.1, 0.15) is 48.1 Å². The standard InChI is InChI=1S/C16H24N2O6S/c1-4-5-6-13(19)17-7-9-18(10-8-17)25(22,23)15-12(3)24-11(2)14(15)16(20)21/h4-10H2,1-3H3,(H,20,21). The van der Waals surface area contributed by atoms with Gasteiger partial charge < -0.3 is 14.4 Å². The van der Waals surface area contributed by atoms with Crippen molar-refractivity contribution in [3.63, 3.8) is 0 Å². The third kappa shape index (κ3) is 3.87. The molecule has 0 spiro atoms. The Hall–Kier alpha value is -1.87. The number of piperazine rings is 1. The Morgan fingerprint density at radius 2 is 1.72 bits per heavy atom. The summed E-state index contributed by atoms with van der Waals surface area (Å²) in [4.78, 5) is 24.9. The molecule has 140 valence electrons. The van der Waals surface area contributed by atoms with Gasteiger partial charge in [0.05, 0.1) is 0 Å². The van der Waals surface area contributed by atoms with Crippen LogP contribution in [0.5, 0.6) is 0 Å². The van der Waals surface area contributed by atoms with Crippen LogP contribution in [0.4, 0.5) is 0 Å². The van der Waals surface area contributed by atoms with Crippen molar-refractivity contribution in [2.24, 2.45) is 0 Å². The van der Waals surface area contributed by atoms with Gasteiger partial charge in [0, 0.05) is 32.6 Å². The Balaban J connectivity index is 2.18. The maximum Gasteiger partial charge on any atom is 0.340 e. The molecule has 2 rings (SSSR count). The molecule has 9 heteroatoms. The van der Waals surface area contributed by atoms with Crippen LogP contribution in [0.25, 0.3) is 0 Å². The Morgan fingerprint density at radius 3 is 2.24 bits per heavy atom. The van der Waals surface area contributed by atoms with Crippen LogP contribution >= 0.6 is 0 Å². The lowest BCUT2D eigenvalue weighted by atomic mass is 10.2. The summed E-state index contributed by atoms with van der Waals surface area (Å²) in [5, 5.41) is 9.32. The molecule has 8 nitrogen and oxygen atoms in total. The zero-order chi connectivity index (χ0) is 18.8. The van der Waals surface area contributed by atoms with E-state index in [0.717, 1.165) is 12.8 Å². The molecule has 0 unspecified atom stereocenters. The van der Waals surface area contributed by atoms with Crippen molar-refractivity contribution in [3.05, 3.63) is 17.1 Å². The van der Waals surface area contributed by atoms with Crippen LogP contribution in [0.3, 0.4) is 0 Å². The summed E-state index contributed by atoms with van der Waals surface area (Å²) in [6.07, 6.45) is 2.20. The van der Waals surface area contributed by atoms with Gasteiger partial charge >= 0.3 is 5.97 Å². The number of unbranched alkanes of at least 4 members (excludes halogenated alkanes) is 1. The van der Waals surface area contributed by atoms with Crippen molar-refractivity contribution in [2.45, 2.75) is 44.9 Å². The second-order valence-corrected chi connectivity index (χ2v) is 7.99. The Labute approximate surface area is 147 Å². The maximum absolute atomic E-state index is 12.9. The largest absolute Gasteiger partial charge is 0.478 e. The average Bonchev–Trinajstić information content (AvgIpc) is 2.87. The molecule has 1 saturated heterocycles. The van der Waals surface area contributed by atoms with Crippen LogP contribution < -0.4 is 0 Å². The third-order valence-corrected chi connectivity index (χ3v) is 6.40. The molecule has 1 aliphatic rings. The van der Waals surface area contributed by atoms with Gasteiger partial charge in [-0.2, -0.15) is 4.31 Å². The van der Waals surface area contributed by atoms with Crippen LogP contribution in [-0.2, 0) is 14.8 Å². The first-order valence-electron chi connectivity index (χ1n) is 8.31. The highest BCUT2D eigenvalue weighted by molar-refractivity contribution is 7.89. The van der Waals surface area contributed by atoms with Crippen molar-refractivity contribution in [2.75, 3.05) is 26.2 Å². The van der Waals surface area contributed by atoms with Crippen molar-refractivity contribution in [1.29, 1.82) is 0 Å². The fraction of sp³-hybridized carbons (Fsp3) is 0.625. The van der Waals surface area contributed by atoms with Crippen molar-refractivity contribution >= 4 is 21.9 Å². The fourth-order valence-electron chi connectivity index (χ4n) is 3.01. The SMILES string of the molecule is CCCCC(=O)N1CCN(S(=O)(=O)c2c(C)oc(C)c2C(=O)O)CC1. The number of sulfonamides is 1. The van der Waals surface area contributed by atoms with Crippen molar-refractivity contribution < 1.29 is 27.5 Å². The minimum atomic E-state index is -3.99. The molecule has 0 aromatic carbocycles. The van der Waals surface area contributed by atoms with E-state index >= 15 is 0 Å². The van der Waals surface area contributed by atoms with E-state index in [0.29, 0.717) is 19.5 Å². The third-order valence-electron chi connectivity index (χ3n) is 4.35. The number of nitrogens with zero attached hydrogens (tertiary/aromatic N) is 2. The van der Waals surface area contributed by atoms with E-state index in [9.17, 15) is 23.1 Å². The normalized spacial score (nSPS) is 16.2. The zero-order valence-corrected chi connectivity index (χ0v) is 15.6. The molecule has 0 atom stereocenters. The molecule has 0 bridgehead atoms. The number of rotatable bonds is 6. The summed E-state index contributed by atoms with van der Waals surface area (Å²) in [6, 6.07) is 0. The van der Waals surface area contributed by atoms with E-state index in [2.05, 4.69) is 0 Å². The van der Waals surface area contributed by atoms with Gasteiger partial charge in [-0.3, -0.25) is 4.79 Å². The zero-order valence-electron chi connectivity index (χ0n) is 14.7. The smallest absolute Gasteiger partial charge is 0.340 e. The van der Waals surface area contributed by atoms with E-state index in [-0.39, 0.29) is 41.0 Å². The number of carbonyl (C=O) groups excluding carboxylic acids is 1. The van der Waals surface area contributed by atoms with E-state index < -0.39 is 16.0 Å². The van der Waals surface area contributed by atoms with Crippen molar-refractivity contribution in [1.82, 2.24) is 9.21 Å². The lowest BCUT2D eigenvalue weighted by Gasteiger charge is -2.34. The Bertz CT molecular complexity index is 760. The molecule has 1 amide bonds. The number of hydrogen-bond acceptors (Lipinski definition) is 5. The van der Waals surface area contributed by atoms with E-state index in [1.54, 1.807) is 4.90 Å². The minimum absolute atomic E-state index is 0.0282. The number of carboxylic acids is 1. The quantitative estimate of drug-likeness (QED) is 0.813. The molecule has 1 aromatic rings. The highest BCUT2D eigenvalue weighted by Gasteiger charge is 2.37. The molecule has 1 aliphatic heterocycles. The van der Waals surface area contributed by atoms with Crippen LogP contribution in [0, 0.1) is 13.8 Å². The Kier molecular flexibility index (Phi) is 5.89. The molecule has 25 heavy (non-hydrogen) atoms. The highest BCUT2D eigenvalue weighted by atomic mass is 32.2. The van der Waals surface area contributed by atoms with Crippen LogP contribution in [0.2, 0.25) is 0 Å². The second kappa shape index (κ2) is 7.57. The number of carbonyl (C=O) groups is 2. The van der Waals surface area contributed by atoms with Gasteiger partial charge in [-0.05, 0) is 20.3 Å². The number of amides is 1. The maximum atomic E-state index is 12.9. The number of aryl methyl sites for hydroxylation is 2. The summed E-state index contributed by atoms with van der Waals surface area (Å²) >= 11 is 0. The molecule has 1 N–H and O–H groups in total. The second-order valence-electron chi connectivity index (χ2n) is 6.11. The van der Waals surface area contributed by atoms with E-state index in [1.165, 1.54) is 18.2 Å². The first-order chi connectivity index (χ1) is 11.7. The molecule has 1 fully saturated rings. The summed E-state index contributed by atoms with van der Waals surface area (Å²) < 4.78 is 32.2. The van der Waals surface area contributed by atoms with Crippen LogP contribution in [0.15, 0.2) is 9.31 Å². The number of aromatic carboxylic acids is 1. The lowest BCUT2D eigenvalue weighted by molar-refractivity contribution is -0.132. The molecule has 2 heterocycles. The topological polar surface area (TPSA) is 108 Å². The monoisotopic (exact) mass is 372 g/mol. The number of hydrogen-bond donors (Lipinski definition) is 1. The lowest BCUT2D eigenvalue weighted by Crippen LogP contribution is -2.50. The molecular weight excluding hydrogens is 348 g/mol. The van der Waals surface area contributed by atoms with Gasteiger partial charge in [-0.15, -0.1) is 0 Å². The summed E-state index contributed by atoms with van der Waals surface area (Å²) in [6.45, 7) is 5.77. The number of furan rings is 1. The predicted molar refractivity (Wildman–Crippen MR) is 90.0 cm³/mol. The predicted octanol–water partition coefficient (Wildman–Crippen LogP) is 1.62. The van der Waals surface area contributed by atoms with Gasteiger partial charge in [0.15, 0.2) is 0 Å². The molecule has 0 radical (unpaired) electrons. The summed E-state index contributed by atoms with van der Waals surface area (Å²) in [5.41, 5.74) is -0.320.